The van der Waals surface area contributed by atoms with E-state index >= 15 is 0 Å². The van der Waals surface area contributed by atoms with Gasteiger partial charge in [0.2, 0.25) is 0 Å². The maximum atomic E-state index is 12.3. The number of amides is 1. The van der Waals surface area contributed by atoms with Gasteiger partial charge in [-0.15, -0.1) is 0 Å². The molecule has 0 radical (unpaired) electrons. The molecule has 0 spiro atoms. The lowest BCUT2D eigenvalue weighted by atomic mass is 9.91. The Labute approximate surface area is 140 Å². The van der Waals surface area contributed by atoms with Gasteiger partial charge in [-0.25, -0.2) is 4.79 Å². The largest absolute Gasteiger partial charge is 0.444 e. The lowest BCUT2D eigenvalue weighted by Gasteiger charge is -2.26. The number of hydrogen-bond donors (Lipinski definition) is 1. The van der Waals surface area contributed by atoms with Crippen LogP contribution >= 0.6 is 15.9 Å². The number of anilines is 1. The zero-order valence-electron chi connectivity index (χ0n) is 13.4. The third-order valence-corrected chi connectivity index (χ3v) is 5.01. The van der Waals surface area contributed by atoms with Crippen LogP contribution in [0.3, 0.4) is 0 Å². The summed E-state index contributed by atoms with van der Waals surface area (Å²) >= 11 is 3.67. The number of likely N-dealkylation sites (tertiary alicyclic amines) is 1. The number of nitrogens with one attached hydrogen (secondary N) is 1. The lowest BCUT2D eigenvalue weighted by Crippen LogP contribution is -2.37. The van der Waals surface area contributed by atoms with Gasteiger partial charge in [-0.05, 0) is 51.3 Å². The SMILES string of the molecule is CC(C)(C)OC(=O)N1CCC2Nc3cccc(Br)c3C2CC1. The van der Waals surface area contributed by atoms with Crippen molar-refractivity contribution in [1.82, 2.24) is 4.90 Å². The van der Waals surface area contributed by atoms with Crippen molar-refractivity contribution in [3.63, 3.8) is 0 Å². The van der Waals surface area contributed by atoms with E-state index in [-0.39, 0.29) is 6.09 Å². The van der Waals surface area contributed by atoms with E-state index in [2.05, 4.69) is 39.4 Å². The topological polar surface area (TPSA) is 41.6 Å². The molecule has 2 aliphatic rings. The Morgan fingerprint density at radius 1 is 1.32 bits per heavy atom. The number of fused-ring (bicyclic) bond motifs is 3. The molecule has 0 aliphatic carbocycles. The van der Waals surface area contributed by atoms with Crippen molar-refractivity contribution in [2.75, 3.05) is 18.4 Å². The van der Waals surface area contributed by atoms with E-state index in [1.165, 1.54) is 11.3 Å². The van der Waals surface area contributed by atoms with Gasteiger partial charge < -0.3 is 15.0 Å². The Kier molecular flexibility index (Phi) is 4.10. The minimum atomic E-state index is -0.437. The minimum absolute atomic E-state index is 0.195. The highest BCUT2D eigenvalue weighted by Gasteiger charge is 2.37. The summed E-state index contributed by atoms with van der Waals surface area (Å²) < 4.78 is 6.67. The Balaban J connectivity index is 1.73. The molecule has 2 aliphatic heterocycles. The molecule has 3 rings (SSSR count). The summed E-state index contributed by atoms with van der Waals surface area (Å²) in [5, 5.41) is 3.62. The highest BCUT2D eigenvalue weighted by molar-refractivity contribution is 9.10. The summed E-state index contributed by atoms with van der Waals surface area (Å²) in [7, 11) is 0. The van der Waals surface area contributed by atoms with E-state index in [1.54, 1.807) is 0 Å². The van der Waals surface area contributed by atoms with Crippen LogP contribution in [-0.4, -0.2) is 35.7 Å². The molecule has 1 aromatic rings. The van der Waals surface area contributed by atoms with Gasteiger partial charge >= 0.3 is 6.09 Å². The molecule has 2 heterocycles. The van der Waals surface area contributed by atoms with Crippen LogP contribution in [-0.2, 0) is 4.74 Å². The highest BCUT2D eigenvalue weighted by atomic mass is 79.9. The van der Waals surface area contributed by atoms with Crippen LogP contribution in [0.25, 0.3) is 0 Å². The second-order valence-corrected chi connectivity index (χ2v) is 7.96. The standard InChI is InChI=1S/C17H23BrN2O2/c1-17(2,3)22-16(21)20-9-7-11-13(8-10-20)19-14-6-4-5-12(18)15(11)14/h4-6,11,13,19H,7-10H2,1-3H3. The third kappa shape index (κ3) is 3.09. The molecule has 22 heavy (non-hydrogen) atoms. The molecule has 0 aromatic heterocycles. The maximum absolute atomic E-state index is 12.3. The third-order valence-electron chi connectivity index (χ3n) is 4.32. The molecule has 1 N–H and O–H groups in total. The molecule has 5 heteroatoms. The monoisotopic (exact) mass is 366 g/mol. The molecule has 1 amide bonds. The average molecular weight is 367 g/mol. The summed E-state index contributed by atoms with van der Waals surface area (Å²) in [5.74, 6) is 0.456. The van der Waals surface area contributed by atoms with Crippen LogP contribution < -0.4 is 5.32 Å². The van der Waals surface area contributed by atoms with Crippen molar-refractivity contribution in [2.24, 2.45) is 0 Å². The Morgan fingerprint density at radius 3 is 2.77 bits per heavy atom. The smallest absolute Gasteiger partial charge is 0.410 e. The van der Waals surface area contributed by atoms with Crippen LogP contribution in [0, 0.1) is 0 Å². The minimum Gasteiger partial charge on any atom is -0.444 e. The summed E-state index contributed by atoms with van der Waals surface area (Å²) in [6, 6.07) is 6.70. The summed E-state index contributed by atoms with van der Waals surface area (Å²) in [5.41, 5.74) is 2.15. The van der Waals surface area contributed by atoms with Crippen LogP contribution in [0.2, 0.25) is 0 Å². The fourth-order valence-corrected chi connectivity index (χ4v) is 4.03. The number of nitrogens with zero attached hydrogens (tertiary/aromatic N) is 1. The molecule has 0 saturated carbocycles. The molecule has 1 aromatic carbocycles. The van der Waals surface area contributed by atoms with Crippen molar-refractivity contribution in [2.45, 2.75) is 51.2 Å². The number of carbonyl (C=O) groups is 1. The van der Waals surface area contributed by atoms with Gasteiger partial charge in [-0.3, -0.25) is 0 Å². The van der Waals surface area contributed by atoms with E-state index in [0.717, 1.165) is 30.4 Å². The average Bonchev–Trinajstić information content (AvgIpc) is 2.63. The van der Waals surface area contributed by atoms with E-state index in [9.17, 15) is 4.79 Å². The number of benzene rings is 1. The lowest BCUT2D eigenvalue weighted by molar-refractivity contribution is 0.0256. The molecule has 1 saturated heterocycles. The van der Waals surface area contributed by atoms with Crippen molar-refractivity contribution in [1.29, 1.82) is 0 Å². The van der Waals surface area contributed by atoms with Gasteiger partial charge in [0.1, 0.15) is 5.60 Å². The molecule has 4 nitrogen and oxygen atoms in total. The molecular weight excluding hydrogens is 344 g/mol. The van der Waals surface area contributed by atoms with Crippen molar-refractivity contribution in [3.8, 4) is 0 Å². The Bertz CT molecular complexity index is 583. The van der Waals surface area contributed by atoms with Crippen LogP contribution in [0.5, 0.6) is 0 Å². The fraction of sp³-hybridized carbons (Fsp3) is 0.588. The van der Waals surface area contributed by atoms with Gasteiger partial charge in [0.25, 0.3) is 0 Å². The molecule has 0 bridgehead atoms. The van der Waals surface area contributed by atoms with Crippen LogP contribution in [0.15, 0.2) is 22.7 Å². The Hall–Kier alpha value is -1.23. The first-order valence-electron chi connectivity index (χ1n) is 7.88. The summed E-state index contributed by atoms with van der Waals surface area (Å²) in [6.07, 6.45) is 1.72. The summed E-state index contributed by atoms with van der Waals surface area (Å²) in [6.45, 7) is 7.22. The van der Waals surface area contributed by atoms with Gasteiger partial charge in [-0.2, -0.15) is 0 Å². The van der Waals surface area contributed by atoms with Crippen LogP contribution in [0.1, 0.15) is 45.1 Å². The normalized spacial score (nSPS) is 24.1. The number of ether oxygens (including phenoxy) is 1. The fourth-order valence-electron chi connectivity index (χ4n) is 3.37. The zero-order valence-corrected chi connectivity index (χ0v) is 14.9. The van der Waals surface area contributed by atoms with E-state index < -0.39 is 5.60 Å². The first kappa shape index (κ1) is 15.7. The summed E-state index contributed by atoms with van der Waals surface area (Å²) in [4.78, 5) is 14.1. The van der Waals surface area contributed by atoms with Gasteiger partial charge in [0, 0.05) is 35.2 Å². The van der Waals surface area contributed by atoms with E-state index in [4.69, 9.17) is 4.74 Å². The highest BCUT2D eigenvalue weighted by Crippen LogP contribution is 2.44. The van der Waals surface area contributed by atoms with Crippen LogP contribution in [0.4, 0.5) is 10.5 Å². The second-order valence-electron chi connectivity index (χ2n) is 7.10. The Morgan fingerprint density at radius 2 is 2.05 bits per heavy atom. The van der Waals surface area contributed by atoms with Gasteiger partial charge in [0.05, 0.1) is 0 Å². The molecule has 2 unspecified atom stereocenters. The molecule has 120 valence electrons. The van der Waals surface area contributed by atoms with Crippen molar-refractivity contribution in [3.05, 3.63) is 28.2 Å². The molecular formula is C17H23BrN2O2. The maximum Gasteiger partial charge on any atom is 0.410 e. The first-order valence-corrected chi connectivity index (χ1v) is 8.67. The quantitative estimate of drug-likeness (QED) is 0.741. The number of rotatable bonds is 0. The second kappa shape index (κ2) is 5.76. The van der Waals surface area contributed by atoms with E-state index in [0.29, 0.717) is 12.0 Å². The van der Waals surface area contributed by atoms with Crippen molar-refractivity contribution < 1.29 is 9.53 Å². The van der Waals surface area contributed by atoms with Gasteiger partial charge in [-0.1, -0.05) is 22.0 Å². The number of halogens is 1. The predicted octanol–water partition coefficient (Wildman–Crippen LogP) is 4.36. The molecule has 1 fully saturated rings. The van der Waals surface area contributed by atoms with E-state index in [1.807, 2.05) is 25.7 Å². The first-order chi connectivity index (χ1) is 10.3. The van der Waals surface area contributed by atoms with Gasteiger partial charge in [0.15, 0.2) is 0 Å². The molecule has 2 atom stereocenters. The zero-order chi connectivity index (χ0) is 15.9. The van der Waals surface area contributed by atoms with Crippen molar-refractivity contribution >= 4 is 27.7 Å². The number of carbonyl (C=O) groups excluding carboxylic acids is 1. The predicted molar refractivity (Wildman–Crippen MR) is 91.3 cm³/mol. The number of hydrogen-bond acceptors (Lipinski definition) is 3.